The molecule has 12 nitrogen and oxygen atoms in total. The number of nitrogens with zero attached hydrogens (tertiary/aromatic N) is 7. The molecular weight excluding hydrogens is 550 g/mol. The molecule has 0 saturated carbocycles. The van der Waals surface area contributed by atoms with E-state index in [2.05, 4.69) is 36.0 Å². The van der Waals surface area contributed by atoms with Gasteiger partial charge in [-0.3, -0.25) is 0 Å². The van der Waals surface area contributed by atoms with Crippen LogP contribution in [-0.4, -0.2) is 78.2 Å². The summed E-state index contributed by atoms with van der Waals surface area (Å²) in [5, 5.41) is 24.2. The average Bonchev–Trinajstić information content (AvgIpc) is 3.54. The van der Waals surface area contributed by atoms with Crippen LogP contribution < -0.4 is 4.90 Å². The number of ether oxygens (including phenoxy) is 3. The van der Waals surface area contributed by atoms with Crippen LogP contribution in [0.3, 0.4) is 0 Å². The molecule has 1 fully saturated rings. The van der Waals surface area contributed by atoms with E-state index in [4.69, 9.17) is 24.3 Å². The Morgan fingerprint density at radius 3 is 2.60 bits per heavy atom. The lowest BCUT2D eigenvalue weighted by atomic mass is 9.92. The Bertz CT molecular complexity index is 1420. The fraction of sp³-hybridized carbons (Fsp3) is 0.710. The normalized spacial score (nSPS) is 23.0. The van der Waals surface area contributed by atoms with Gasteiger partial charge in [0.25, 0.3) is 0 Å². The molecule has 6 bridgehead atoms. The molecule has 6 heterocycles. The molecule has 0 aliphatic carbocycles. The first-order chi connectivity index (χ1) is 20.3. The van der Waals surface area contributed by atoms with E-state index in [1.165, 1.54) is 0 Å². The van der Waals surface area contributed by atoms with E-state index < -0.39 is 17.7 Å². The van der Waals surface area contributed by atoms with Crippen molar-refractivity contribution in [1.29, 1.82) is 0 Å². The number of aliphatic carboxylic acids is 1. The summed E-state index contributed by atoms with van der Waals surface area (Å²) >= 11 is 0. The third-order valence-electron chi connectivity index (χ3n) is 8.14. The van der Waals surface area contributed by atoms with Gasteiger partial charge >= 0.3 is 5.97 Å². The Morgan fingerprint density at radius 2 is 1.93 bits per heavy atom. The summed E-state index contributed by atoms with van der Waals surface area (Å²) in [7, 11) is 0. The average molecular weight is 598 g/mol. The van der Waals surface area contributed by atoms with Crippen LogP contribution in [0.25, 0.3) is 5.65 Å². The number of carbonyl (C=O) groups is 1. The number of fused-ring (bicyclic) bond motifs is 8. The second-order valence-corrected chi connectivity index (χ2v) is 13.6. The molecule has 2 atom stereocenters. The van der Waals surface area contributed by atoms with Crippen LogP contribution in [-0.2, 0) is 25.5 Å². The highest BCUT2D eigenvalue weighted by atomic mass is 16.5. The van der Waals surface area contributed by atoms with Crippen LogP contribution in [0, 0.1) is 12.8 Å². The molecule has 0 radical (unpaired) electrons. The fourth-order valence-corrected chi connectivity index (χ4v) is 5.93. The number of hydrogen-bond acceptors (Lipinski definition) is 9. The smallest absolute Gasteiger partial charge is 0.337 e. The van der Waals surface area contributed by atoms with Crippen LogP contribution in [0.4, 0.5) is 5.82 Å². The SMILES string of the molecule is Cc1nc2cc3nn2c(c1C(OC(C)(C)C)C(=O)O)N1CCC(C)(CC1)OCCCCOC(CC(C)C)c1cn(nn1)C3. The third-order valence-corrected chi connectivity index (χ3v) is 8.14. The van der Waals surface area contributed by atoms with Crippen LogP contribution in [0.2, 0.25) is 0 Å². The first kappa shape index (κ1) is 31.3. The second-order valence-electron chi connectivity index (χ2n) is 13.6. The van der Waals surface area contributed by atoms with E-state index in [9.17, 15) is 9.90 Å². The number of carboxylic acid groups (broad SMARTS) is 1. The Hall–Kier alpha value is -3.09. The van der Waals surface area contributed by atoms with Crippen molar-refractivity contribution in [2.45, 2.75) is 111 Å². The molecule has 3 aliphatic heterocycles. The molecule has 12 heteroatoms. The van der Waals surface area contributed by atoms with E-state index in [-0.39, 0.29) is 11.7 Å². The number of carboxylic acids is 1. The minimum absolute atomic E-state index is 0.132. The van der Waals surface area contributed by atoms with Gasteiger partial charge in [0.15, 0.2) is 11.8 Å². The minimum Gasteiger partial charge on any atom is -0.479 e. The number of aryl methyl sites for hydroxylation is 1. The molecule has 43 heavy (non-hydrogen) atoms. The highest BCUT2D eigenvalue weighted by Gasteiger charge is 2.38. The predicted molar refractivity (Wildman–Crippen MR) is 161 cm³/mol. The van der Waals surface area contributed by atoms with Crippen molar-refractivity contribution < 1.29 is 24.1 Å². The Balaban J connectivity index is 1.60. The molecule has 2 unspecified atom stereocenters. The molecule has 1 N–H and O–H groups in total. The molecule has 0 aromatic carbocycles. The molecule has 6 rings (SSSR count). The van der Waals surface area contributed by atoms with Crippen LogP contribution in [0.1, 0.15) is 108 Å². The number of anilines is 1. The zero-order valence-electron chi connectivity index (χ0n) is 26.7. The monoisotopic (exact) mass is 597 g/mol. The van der Waals surface area contributed by atoms with Crippen molar-refractivity contribution >= 4 is 17.4 Å². The van der Waals surface area contributed by atoms with E-state index in [0.29, 0.717) is 61.5 Å². The molecule has 3 aromatic heterocycles. The summed E-state index contributed by atoms with van der Waals surface area (Å²) in [6.45, 7) is 17.0. The van der Waals surface area contributed by atoms with Crippen molar-refractivity contribution in [3.05, 3.63) is 34.9 Å². The molecule has 236 valence electrons. The van der Waals surface area contributed by atoms with Crippen LogP contribution in [0.5, 0.6) is 0 Å². The van der Waals surface area contributed by atoms with Crippen molar-refractivity contribution in [1.82, 2.24) is 29.6 Å². The summed E-state index contributed by atoms with van der Waals surface area (Å²) in [6, 6.07) is 1.93. The van der Waals surface area contributed by atoms with Crippen molar-refractivity contribution in [2.24, 2.45) is 5.92 Å². The maximum absolute atomic E-state index is 12.7. The Morgan fingerprint density at radius 1 is 1.21 bits per heavy atom. The summed E-state index contributed by atoms with van der Waals surface area (Å²) in [5.74, 6) is 0.0921. The number of piperidine rings is 1. The first-order valence-electron chi connectivity index (χ1n) is 15.5. The van der Waals surface area contributed by atoms with Gasteiger partial charge in [0, 0.05) is 38.1 Å². The highest BCUT2D eigenvalue weighted by Crippen LogP contribution is 2.38. The number of hydrogen-bond donors (Lipinski definition) is 1. The number of aromatic nitrogens is 6. The molecule has 0 spiro atoms. The quantitative estimate of drug-likeness (QED) is 0.434. The largest absolute Gasteiger partial charge is 0.479 e. The zero-order valence-corrected chi connectivity index (χ0v) is 26.7. The van der Waals surface area contributed by atoms with Gasteiger partial charge in [-0.15, -0.1) is 5.10 Å². The standard InChI is InChI=1S/C31H47N7O5/c1-20(2)16-24-23-19-37(35-33-23)18-22-17-25-32-21(3)26(27(29(39)40)43-30(4,5)6)28(38(25)34-22)36-12-10-31(7,11-13-36)42-15-9-8-14-41-24/h17,19-20,24,27H,8-16,18H2,1-7H3,(H,39,40). The van der Waals surface area contributed by atoms with Gasteiger partial charge in [0.05, 0.1) is 35.2 Å². The van der Waals surface area contributed by atoms with Gasteiger partial charge in [-0.05, 0) is 72.6 Å². The Labute approximate surface area is 253 Å². The van der Waals surface area contributed by atoms with Gasteiger partial charge in [0.1, 0.15) is 17.6 Å². The molecule has 3 aliphatic rings. The molecule has 1 saturated heterocycles. The van der Waals surface area contributed by atoms with Gasteiger partial charge in [-0.2, -0.15) is 9.61 Å². The lowest BCUT2D eigenvalue weighted by molar-refractivity contribution is -0.160. The summed E-state index contributed by atoms with van der Waals surface area (Å²) in [5.41, 5.74) is 2.38. The lowest BCUT2D eigenvalue weighted by Crippen LogP contribution is -2.46. The van der Waals surface area contributed by atoms with E-state index in [0.717, 1.165) is 43.5 Å². The van der Waals surface area contributed by atoms with Gasteiger partial charge in [0.2, 0.25) is 0 Å². The van der Waals surface area contributed by atoms with E-state index in [1.54, 1.807) is 9.20 Å². The molecule has 3 aromatic rings. The van der Waals surface area contributed by atoms with Crippen molar-refractivity contribution in [2.75, 3.05) is 31.2 Å². The maximum Gasteiger partial charge on any atom is 0.337 e. The predicted octanol–water partition coefficient (Wildman–Crippen LogP) is 4.89. The first-order valence-corrected chi connectivity index (χ1v) is 15.5. The van der Waals surface area contributed by atoms with Gasteiger partial charge in [-0.1, -0.05) is 19.1 Å². The van der Waals surface area contributed by atoms with Gasteiger partial charge in [-0.25, -0.2) is 14.5 Å². The van der Waals surface area contributed by atoms with E-state index in [1.807, 2.05) is 40.0 Å². The topological polar surface area (TPSA) is 129 Å². The van der Waals surface area contributed by atoms with Crippen molar-refractivity contribution in [3.8, 4) is 0 Å². The molecule has 0 amide bonds. The summed E-state index contributed by atoms with van der Waals surface area (Å²) in [4.78, 5) is 19.7. The summed E-state index contributed by atoms with van der Waals surface area (Å²) in [6.07, 6.45) is 4.87. The molecular formula is C31H47N7O5. The zero-order chi connectivity index (χ0) is 30.9. The minimum atomic E-state index is -1.21. The lowest BCUT2D eigenvalue weighted by Gasteiger charge is -2.41. The second kappa shape index (κ2) is 12.5. The van der Waals surface area contributed by atoms with Crippen LogP contribution >= 0.6 is 0 Å². The summed E-state index contributed by atoms with van der Waals surface area (Å²) < 4.78 is 22.5. The number of rotatable bonds is 5. The van der Waals surface area contributed by atoms with Crippen LogP contribution in [0.15, 0.2) is 12.3 Å². The maximum atomic E-state index is 12.7. The van der Waals surface area contributed by atoms with Gasteiger partial charge < -0.3 is 24.2 Å². The third kappa shape index (κ3) is 7.35. The van der Waals surface area contributed by atoms with Crippen molar-refractivity contribution in [3.63, 3.8) is 0 Å². The highest BCUT2D eigenvalue weighted by molar-refractivity contribution is 5.78. The van der Waals surface area contributed by atoms with E-state index >= 15 is 0 Å². The Kier molecular flexibility index (Phi) is 9.10. The fourth-order valence-electron chi connectivity index (χ4n) is 5.93.